The van der Waals surface area contributed by atoms with Gasteiger partial charge in [0.1, 0.15) is 0 Å². The zero-order chi connectivity index (χ0) is 23.0. The molecule has 0 saturated heterocycles. The minimum atomic E-state index is -3.66. The van der Waals surface area contributed by atoms with Crippen molar-refractivity contribution in [3.8, 4) is 0 Å². The van der Waals surface area contributed by atoms with Crippen LogP contribution in [-0.2, 0) is 23.0 Å². The van der Waals surface area contributed by atoms with Crippen molar-refractivity contribution in [1.29, 1.82) is 0 Å². The summed E-state index contributed by atoms with van der Waals surface area (Å²) in [6, 6.07) is 18.9. The number of benzene rings is 3. The number of sulfonamides is 1. The number of amides is 1. The Kier molecular flexibility index (Phi) is 5.93. The van der Waals surface area contributed by atoms with Crippen molar-refractivity contribution < 1.29 is 13.2 Å². The van der Waals surface area contributed by atoms with Crippen molar-refractivity contribution in [2.75, 3.05) is 4.90 Å². The van der Waals surface area contributed by atoms with Crippen LogP contribution in [0.15, 0.2) is 65.6 Å². The predicted molar refractivity (Wildman–Crippen MR) is 128 cm³/mol. The zero-order valence-electron chi connectivity index (χ0n) is 18.8. The van der Waals surface area contributed by atoms with E-state index in [-0.39, 0.29) is 18.5 Å². The lowest BCUT2D eigenvalue weighted by Gasteiger charge is -2.23. The van der Waals surface area contributed by atoms with E-state index >= 15 is 0 Å². The highest BCUT2D eigenvalue weighted by atomic mass is 32.2. The molecule has 1 aliphatic rings. The maximum absolute atomic E-state index is 13.2. The van der Waals surface area contributed by atoms with E-state index in [4.69, 9.17) is 0 Å². The summed E-state index contributed by atoms with van der Waals surface area (Å²) in [4.78, 5) is 15.3. The normalized spacial score (nSPS) is 15.6. The third-order valence-electron chi connectivity index (χ3n) is 5.94. The van der Waals surface area contributed by atoms with Crippen LogP contribution in [0.3, 0.4) is 0 Å². The van der Waals surface area contributed by atoms with Crippen LogP contribution in [0, 0.1) is 20.8 Å². The summed E-state index contributed by atoms with van der Waals surface area (Å²) in [5.41, 5.74) is 5.91. The Bertz CT molecular complexity index is 1260. The Morgan fingerprint density at radius 2 is 1.66 bits per heavy atom. The van der Waals surface area contributed by atoms with Crippen molar-refractivity contribution in [1.82, 2.24) is 4.72 Å². The number of nitrogens with zero attached hydrogens (tertiary/aromatic N) is 1. The third kappa shape index (κ3) is 4.20. The van der Waals surface area contributed by atoms with Gasteiger partial charge in [0.2, 0.25) is 10.0 Å². The summed E-state index contributed by atoms with van der Waals surface area (Å²) in [7, 11) is -3.66. The lowest BCUT2D eigenvalue weighted by molar-refractivity contribution is 0.0981. The van der Waals surface area contributed by atoms with Gasteiger partial charge in [0.05, 0.1) is 4.90 Å². The topological polar surface area (TPSA) is 66.5 Å². The number of carbonyl (C=O) groups excluding carboxylic acids is 1. The lowest BCUT2D eigenvalue weighted by Crippen LogP contribution is -2.35. The largest absolute Gasteiger partial charge is 0.305 e. The average molecular weight is 449 g/mol. The van der Waals surface area contributed by atoms with Gasteiger partial charge in [-0.3, -0.25) is 4.79 Å². The molecule has 6 heteroatoms. The molecule has 1 heterocycles. The van der Waals surface area contributed by atoms with Gasteiger partial charge in [-0.05, 0) is 74.6 Å². The van der Waals surface area contributed by atoms with Crippen molar-refractivity contribution in [2.45, 2.75) is 51.6 Å². The molecule has 0 saturated carbocycles. The highest BCUT2D eigenvalue weighted by Gasteiger charge is 2.31. The quantitative estimate of drug-likeness (QED) is 0.616. The third-order valence-corrected chi connectivity index (χ3v) is 7.65. The molecule has 0 aliphatic carbocycles. The van der Waals surface area contributed by atoms with Crippen LogP contribution in [0.25, 0.3) is 0 Å². The second-order valence-electron chi connectivity index (χ2n) is 8.61. The first-order chi connectivity index (χ1) is 15.2. The van der Waals surface area contributed by atoms with Gasteiger partial charge in [-0.1, -0.05) is 48.0 Å². The maximum Gasteiger partial charge on any atom is 0.258 e. The SMILES string of the molecule is Cc1cc(C)c(S(=O)(=O)NCc2ccc3c(c2)N(C(=O)c2ccccc2)[C@H](C)C3)c(C)c1. The lowest BCUT2D eigenvalue weighted by atomic mass is 10.1. The van der Waals surface area contributed by atoms with Gasteiger partial charge in [-0.15, -0.1) is 0 Å². The first-order valence-corrected chi connectivity index (χ1v) is 12.2. The highest BCUT2D eigenvalue weighted by molar-refractivity contribution is 7.89. The number of rotatable bonds is 5. The fourth-order valence-electron chi connectivity index (χ4n) is 4.63. The fraction of sp³-hybridized carbons (Fsp3) is 0.269. The summed E-state index contributed by atoms with van der Waals surface area (Å²) < 4.78 is 28.8. The van der Waals surface area contributed by atoms with E-state index in [1.54, 1.807) is 0 Å². The van der Waals surface area contributed by atoms with Crippen molar-refractivity contribution in [2.24, 2.45) is 0 Å². The van der Waals surface area contributed by atoms with Crippen LogP contribution in [-0.4, -0.2) is 20.4 Å². The molecular weight excluding hydrogens is 420 g/mol. The molecule has 3 aromatic carbocycles. The highest BCUT2D eigenvalue weighted by Crippen LogP contribution is 2.34. The van der Waals surface area contributed by atoms with E-state index in [0.717, 1.165) is 39.9 Å². The second-order valence-corrected chi connectivity index (χ2v) is 10.3. The summed E-state index contributed by atoms with van der Waals surface area (Å²) in [5, 5.41) is 0. The van der Waals surface area contributed by atoms with Gasteiger partial charge in [-0.2, -0.15) is 0 Å². The second kappa shape index (κ2) is 8.52. The molecule has 0 unspecified atom stereocenters. The monoisotopic (exact) mass is 448 g/mol. The zero-order valence-corrected chi connectivity index (χ0v) is 19.7. The number of hydrogen-bond acceptors (Lipinski definition) is 3. The summed E-state index contributed by atoms with van der Waals surface area (Å²) in [5.74, 6) is -0.0412. The van der Waals surface area contributed by atoms with Crippen LogP contribution >= 0.6 is 0 Å². The number of carbonyl (C=O) groups is 1. The molecule has 4 rings (SSSR count). The number of nitrogens with one attached hydrogen (secondary N) is 1. The van der Waals surface area contributed by atoms with Gasteiger partial charge in [0, 0.05) is 23.8 Å². The molecular formula is C26H28N2O3S. The van der Waals surface area contributed by atoms with Gasteiger partial charge < -0.3 is 4.90 Å². The Morgan fingerprint density at radius 3 is 2.31 bits per heavy atom. The molecule has 3 aromatic rings. The molecule has 5 nitrogen and oxygen atoms in total. The number of hydrogen-bond donors (Lipinski definition) is 1. The van der Waals surface area contributed by atoms with E-state index in [2.05, 4.69) is 4.72 Å². The average Bonchev–Trinajstić information content (AvgIpc) is 3.06. The van der Waals surface area contributed by atoms with Gasteiger partial charge in [0.25, 0.3) is 5.91 Å². The summed E-state index contributed by atoms with van der Waals surface area (Å²) in [6.07, 6.45) is 0.779. The van der Waals surface area contributed by atoms with Crippen molar-refractivity contribution in [3.05, 3.63) is 94.0 Å². The molecule has 1 amide bonds. The Labute approximate surface area is 190 Å². The molecule has 166 valence electrons. The minimum absolute atomic E-state index is 0.0412. The summed E-state index contributed by atoms with van der Waals surface area (Å²) in [6.45, 7) is 7.78. The summed E-state index contributed by atoms with van der Waals surface area (Å²) >= 11 is 0. The van der Waals surface area contributed by atoms with Crippen LogP contribution < -0.4 is 9.62 Å². The number of aryl methyl sites for hydroxylation is 3. The molecule has 1 aliphatic heterocycles. The molecule has 32 heavy (non-hydrogen) atoms. The van der Waals surface area contributed by atoms with E-state index in [9.17, 15) is 13.2 Å². The maximum atomic E-state index is 13.2. The van der Waals surface area contributed by atoms with E-state index in [1.807, 2.05) is 93.3 Å². The van der Waals surface area contributed by atoms with Gasteiger partial charge >= 0.3 is 0 Å². The van der Waals surface area contributed by atoms with Crippen LogP contribution in [0.1, 0.15) is 45.1 Å². The first-order valence-electron chi connectivity index (χ1n) is 10.8. The fourth-order valence-corrected chi connectivity index (χ4v) is 6.10. The first kappa shape index (κ1) is 22.2. The van der Waals surface area contributed by atoms with E-state index < -0.39 is 10.0 Å². The molecule has 1 N–H and O–H groups in total. The van der Waals surface area contributed by atoms with Crippen molar-refractivity contribution >= 4 is 21.6 Å². The van der Waals surface area contributed by atoms with Crippen LogP contribution in [0.4, 0.5) is 5.69 Å². The van der Waals surface area contributed by atoms with Crippen LogP contribution in [0.5, 0.6) is 0 Å². The van der Waals surface area contributed by atoms with Crippen molar-refractivity contribution in [3.63, 3.8) is 0 Å². The Morgan fingerprint density at radius 1 is 1.00 bits per heavy atom. The number of fused-ring (bicyclic) bond motifs is 1. The van der Waals surface area contributed by atoms with E-state index in [1.165, 1.54) is 0 Å². The Hall–Kier alpha value is -2.96. The van der Waals surface area contributed by atoms with Gasteiger partial charge in [-0.25, -0.2) is 13.1 Å². The predicted octanol–water partition coefficient (Wildman–Crippen LogP) is 4.68. The van der Waals surface area contributed by atoms with Gasteiger partial charge in [0.15, 0.2) is 0 Å². The standard InChI is InChI=1S/C26H28N2O3S/c1-17-12-18(2)25(19(3)13-17)32(30,31)27-16-21-10-11-23-14-20(4)28(24(23)15-21)26(29)22-8-6-5-7-9-22/h5-13,15,20,27H,14,16H2,1-4H3/t20-/m1/s1. The molecule has 0 bridgehead atoms. The molecule has 0 spiro atoms. The molecule has 0 radical (unpaired) electrons. The molecule has 1 atom stereocenters. The smallest absolute Gasteiger partial charge is 0.258 e. The molecule has 0 aromatic heterocycles. The number of anilines is 1. The van der Waals surface area contributed by atoms with E-state index in [0.29, 0.717) is 10.5 Å². The Balaban J connectivity index is 1.59. The minimum Gasteiger partial charge on any atom is -0.305 e. The van der Waals surface area contributed by atoms with Crippen LogP contribution in [0.2, 0.25) is 0 Å². The molecule has 0 fully saturated rings.